The molecule has 9 heteroatoms. The number of carbonyl (C=O) groups excluding carboxylic acids is 1. The van der Waals surface area contributed by atoms with Crippen molar-refractivity contribution < 1.29 is 28.4 Å². The molecule has 7 nitrogen and oxygen atoms in total. The standard InChI is InChI=1S/C11H10F2N2O5/c1-5(11(17)18)4-14-10(16)6-2-8(13)9(15(19)20)3-7(6)12/h2-3,5H,4H2,1H3,(H,14,16)(H,17,18). The van der Waals surface area contributed by atoms with Gasteiger partial charge in [0, 0.05) is 6.54 Å². The molecule has 0 aliphatic rings. The summed E-state index contributed by atoms with van der Waals surface area (Å²) in [5.41, 5.74) is -1.82. The fourth-order valence-electron chi connectivity index (χ4n) is 1.28. The maximum atomic E-state index is 13.5. The summed E-state index contributed by atoms with van der Waals surface area (Å²) in [6.07, 6.45) is 0. The third-order valence-electron chi connectivity index (χ3n) is 2.47. The topological polar surface area (TPSA) is 110 Å². The Morgan fingerprint density at radius 3 is 2.50 bits per heavy atom. The predicted octanol–water partition coefficient (Wildman–Crippen LogP) is 1.32. The van der Waals surface area contributed by atoms with E-state index < -0.39 is 45.6 Å². The highest BCUT2D eigenvalue weighted by atomic mass is 19.1. The van der Waals surface area contributed by atoms with E-state index in [1.54, 1.807) is 0 Å². The van der Waals surface area contributed by atoms with Crippen LogP contribution in [0.2, 0.25) is 0 Å². The average molecular weight is 288 g/mol. The largest absolute Gasteiger partial charge is 0.481 e. The zero-order chi connectivity index (χ0) is 15.4. The summed E-state index contributed by atoms with van der Waals surface area (Å²) in [7, 11) is 0. The first-order chi connectivity index (χ1) is 9.23. The smallest absolute Gasteiger partial charge is 0.308 e. The number of carboxylic acid groups (broad SMARTS) is 1. The van der Waals surface area contributed by atoms with E-state index in [-0.39, 0.29) is 6.54 Å². The first-order valence-corrected chi connectivity index (χ1v) is 5.38. The van der Waals surface area contributed by atoms with E-state index in [0.29, 0.717) is 12.1 Å². The van der Waals surface area contributed by atoms with Crippen LogP contribution in [0.1, 0.15) is 17.3 Å². The second kappa shape index (κ2) is 6.04. The molecule has 0 spiro atoms. The summed E-state index contributed by atoms with van der Waals surface area (Å²) >= 11 is 0. The molecule has 1 unspecified atom stereocenters. The summed E-state index contributed by atoms with van der Waals surface area (Å²) in [5.74, 6) is -5.75. The zero-order valence-corrected chi connectivity index (χ0v) is 10.2. The Kier molecular flexibility index (Phi) is 4.68. The van der Waals surface area contributed by atoms with Crippen LogP contribution in [-0.4, -0.2) is 28.5 Å². The van der Waals surface area contributed by atoms with Gasteiger partial charge >= 0.3 is 11.7 Å². The number of benzene rings is 1. The molecule has 0 saturated carbocycles. The molecule has 20 heavy (non-hydrogen) atoms. The van der Waals surface area contributed by atoms with Crippen LogP contribution in [0.15, 0.2) is 12.1 Å². The molecule has 0 bridgehead atoms. The number of nitro benzene ring substituents is 1. The Morgan fingerprint density at radius 1 is 1.40 bits per heavy atom. The highest BCUT2D eigenvalue weighted by Crippen LogP contribution is 2.21. The molecule has 1 aromatic rings. The lowest BCUT2D eigenvalue weighted by Crippen LogP contribution is -2.32. The number of aliphatic carboxylic acids is 1. The monoisotopic (exact) mass is 288 g/mol. The minimum absolute atomic E-state index is 0.286. The summed E-state index contributed by atoms with van der Waals surface area (Å²) in [6.45, 7) is 1.03. The quantitative estimate of drug-likeness (QED) is 0.627. The van der Waals surface area contributed by atoms with E-state index in [2.05, 4.69) is 5.32 Å². The van der Waals surface area contributed by atoms with Crippen molar-refractivity contribution in [2.75, 3.05) is 6.54 Å². The van der Waals surface area contributed by atoms with Crippen LogP contribution < -0.4 is 5.32 Å². The fraction of sp³-hybridized carbons (Fsp3) is 0.273. The average Bonchev–Trinajstić information content (AvgIpc) is 2.37. The van der Waals surface area contributed by atoms with Gasteiger partial charge in [0.05, 0.1) is 22.5 Å². The third kappa shape index (κ3) is 3.46. The van der Waals surface area contributed by atoms with Crippen LogP contribution in [-0.2, 0) is 4.79 Å². The van der Waals surface area contributed by atoms with Crippen molar-refractivity contribution in [3.63, 3.8) is 0 Å². The van der Waals surface area contributed by atoms with Gasteiger partial charge in [0.25, 0.3) is 5.91 Å². The van der Waals surface area contributed by atoms with Crippen molar-refractivity contribution in [2.24, 2.45) is 5.92 Å². The molecule has 108 valence electrons. The van der Waals surface area contributed by atoms with Gasteiger partial charge in [0.2, 0.25) is 5.82 Å². The number of hydrogen-bond acceptors (Lipinski definition) is 4. The molecule has 0 radical (unpaired) electrons. The Bertz CT molecular complexity index is 576. The highest BCUT2D eigenvalue weighted by Gasteiger charge is 2.22. The van der Waals surface area contributed by atoms with Crippen LogP contribution in [0.5, 0.6) is 0 Å². The first-order valence-electron chi connectivity index (χ1n) is 5.38. The second-order valence-corrected chi connectivity index (χ2v) is 3.99. The van der Waals surface area contributed by atoms with Gasteiger partial charge < -0.3 is 10.4 Å². The number of nitro groups is 1. The molecule has 2 N–H and O–H groups in total. The molecule has 1 amide bonds. The van der Waals surface area contributed by atoms with Crippen LogP contribution >= 0.6 is 0 Å². The number of nitrogens with zero attached hydrogens (tertiary/aromatic N) is 1. The summed E-state index contributed by atoms with van der Waals surface area (Å²) in [5, 5.41) is 21.1. The lowest BCUT2D eigenvalue weighted by Gasteiger charge is -2.09. The fourth-order valence-corrected chi connectivity index (χ4v) is 1.28. The van der Waals surface area contributed by atoms with Crippen molar-refractivity contribution in [1.82, 2.24) is 5.32 Å². The van der Waals surface area contributed by atoms with E-state index in [9.17, 15) is 28.5 Å². The Morgan fingerprint density at radius 2 is 2.00 bits per heavy atom. The third-order valence-corrected chi connectivity index (χ3v) is 2.47. The van der Waals surface area contributed by atoms with Crippen LogP contribution in [0.25, 0.3) is 0 Å². The molecule has 1 rings (SSSR count). The Hall–Kier alpha value is -2.58. The number of carboxylic acids is 1. The predicted molar refractivity (Wildman–Crippen MR) is 62.1 cm³/mol. The molecule has 0 saturated heterocycles. The van der Waals surface area contributed by atoms with Gasteiger partial charge in [0.1, 0.15) is 5.82 Å². The number of amides is 1. The number of rotatable bonds is 5. The number of halogens is 2. The van der Waals surface area contributed by atoms with Crippen molar-refractivity contribution in [2.45, 2.75) is 6.92 Å². The minimum atomic E-state index is -1.35. The van der Waals surface area contributed by atoms with Gasteiger partial charge in [-0.25, -0.2) is 4.39 Å². The molecule has 0 aromatic heterocycles. The van der Waals surface area contributed by atoms with Gasteiger partial charge in [0.15, 0.2) is 0 Å². The van der Waals surface area contributed by atoms with Gasteiger partial charge in [-0.15, -0.1) is 0 Å². The summed E-state index contributed by atoms with van der Waals surface area (Å²) < 4.78 is 26.8. The van der Waals surface area contributed by atoms with Gasteiger partial charge in [-0.05, 0) is 6.07 Å². The highest BCUT2D eigenvalue weighted by molar-refractivity contribution is 5.95. The number of nitrogens with one attached hydrogen (secondary N) is 1. The van der Waals surface area contributed by atoms with Crippen molar-refractivity contribution in [3.8, 4) is 0 Å². The molecular formula is C11H10F2N2O5. The van der Waals surface area contributed by atoms with Crippen molar-refractivity contribution in [3.05, 3.63) is 39.4 Å². The molecule has 0 heterocycles. The SMILES string of the molecule is CC(CNC(=O)c1cc(F)c([N+](=O)[O-])cc1F)C(=O)O. The maximum Gasteiger partial charge on any atom is 0.308 e. The zero-order valence-electron chi connectivity index (χ0n) is 10.2. The van der Waals surface area contributed by atoms with E-state index in [4.69, 9.17) is 5.11 Å². The first kappa shape index (κ1) is 15.5. The van der Waals surface area contributed by atoms with Gasteiger partial charge in [-0.2, -0.15) is 4.39 Å². The van der Waals surface area contributed by atoms with E-state index in [0.717, 1.165) is 0 Å². The van der Waals surface area contributed by atoms with Crippen LogP contribution in [0.3, 0.4) is 0 Å². The normalized spacial score (nSPS) is 11.8. The molecule has 0 fully saturated rings. The molecule has 1 aromatic carbocycles. The van der Waals surface area contributed by atoms with Crippen LogP contribution in [0, 0.1) is 27.7 Å². The van der Waals surface area contributed by atoms with Crippen LogP contribution in [0.4, 0.5) is 14.5 Å². The van der Waals surface area contributed by atoms with E-state index in [1.165, 1.54) is 6.92 Å². The molecule has 0 aliphatic heterocycles. The van der Waals surface area contributed by atoms with Crippen molar-refractivity contribution >= 4 is 17.6 Å². The van der Waals surface area contributed by atoms with Gasteiger partial charge in [-0.1, -0.05) is 6.92 Å². The molecular weight excluding hydrogens is 278 g/mol. The molecule has 1 atom stereocenters. The summed E-state index contributed by atoms with van der Waals surface area (Å²) in [6, 6.07) is 0.694. The Labute approximate surface area is 111 Å². The number of carbonyl (C=O) groups is 2. The molecule has 0 aliphatic carbocycles. The van der Waals surface area contributed by atoms with Gasteiger partial charge in [-0.3, -0.25) is 19.7 Å². The van der Waals surface area contributed by atoms with E-state index >= 15 is 0 Å². The number of hydrogen-bond donors (Lipinski definition) is 2. The van der Waals surface area contributed by atoms with Crippen molar-refractivity contribution in [1.29, 1.82) is 0 Å². The minimum Gasteiger partial charge on any atom is -0.481 e. The Balaban J connectivity index is 2.92. The van der Waals surface area contributed by atoms with E-state index in [1.807, 2.05) is 0 Å². The second-order valence-electron chi connectivity index (χ2n) is 3.99. The maximum absolute atomic E-state index is 13.5. The lowest BCUT2D eigenvalue weighted by atomic mass is 10.1. The summed E-state index contributed by atoms with van der Waals surface area (Å²) in [4.78, 5) is 31.3. The lowest BCUT2D eigenvalue weighted by molar-refractivity contribution is -0.387.